The van der Waals surface area contributed by atoms with Crippen LogP contribution in [0.5, 0.6) is 5.88 Å². The van der Waals surface area contributed by atoms with Crippen LogP contribution in [0.3, 0.4) is 0 Å². The molecule has 0 saturated carbocycles. The summed E-state index contributed by atoms with van der Waals surface area (Å²) in [5.41, 5.74) is 3.94. The van der Waals surface area contributed by atoms with Crippen molar-refractivity contribution in [3.8, 4) is 5.88 Å². The van der Waals surface area contributed by atoms with Crippen molar-refractivity contribution >= 4 is 51.0 Å². The van der Waals surface area contributed by atoms with E-state index in [4.69, 9.17) is 0 Å². The fourth-order valence-electron chi connectivity index (χ4n) is 3.86. The second-order valence-electron chi connectivity index (χ2n) is 7.73. The Morgan fingerprint density at radius 1 is 1.30 bits per heavy atom. The van der Waals surface area contributed by atoms with E-state index in [1.54, 1.807) is 0 Å². The van der Waals surface area contributed by atoms with Crippen LogP contribution in [-0.4, -0.2) is 33.8 Å². The minimum atomic E-state index is -0.647. The molecule has 0 aliphatic carbocycles. The minimum Gasteiger partial charge on any atom is -0.493 e. The van der Waals surface area contributed by atoms with Crippen LogP contribution >= 0.6 is 11.8 Å². The lowest BCUT2D eigenvalue weighted by atomic mass is 9.91. The standard InChI is InChI=1S/C21H20N4O4S/c1-10-6-12-11(2)9-21(3,4)25-17(12)13(7-10)16(19(25)28)23-24-20-22-18(27)14(30-20)8-15(26)29-5/h6-9,28H,1-5H3. The molecule has 0 bridgehead atoms. The highest BCUT2D eigenvalue weighted by molar-refractivity contribution is 8.18. The van der Waals surface area contributed by atoms with Gasteiger partial charge in [-0.1, -0.05) is 6.08 Å². The molecule has 0 atom stereocenters. The number of hydrogen-bond acceptors (Lipinski definition) is 7. The number of benzene rings is 1. The zero-order chi connectivity index (χ0) is 21.8. The molecule has 2 aliphatic heterocycles. The number of aromatic hydroxyl groups is 1. The number of aryl methyl sites for hydroxylation is 1. The number of nitrogens with zero attached hydrogens (tertiary/aromatic N) is 4. The van der Waals surface area contributed by atoms with Gasteiger partial charge in [0.2, 0.25) is 11.0 Å². The first-order chi connectivity index (χ1) is 14.1. The van der Waals surface area contributed by atoms with Gasteiger partial charge in [0.1, 0.15) is 0 Å². The van der Waals surface area contributed by atoms with E-state index >= 15 is 0 Å². The minimum absolute atomic E-state index is 0.00500. The van der Waals surface area contributed by atoms with Crippen molar-refractivity contribution in [2.75, 3.05) is 7.11 Å². The lowest BCUT2D eigenvalue weighted by Gasteiger charge is -2.31. The monoisotopic (exact) mass is 424 g/mol. The Morgan fingerprint density at radius 3 is 2.73 bits per heavy atom. The number of aliphatic imine (C=N–C) groups is 1. The van der Waals surface area contributed by atoms with Gasteiger partial charge in [0.15, 0.2) is 5.69 Å². The smallest absolute Gasteiger partial charge is 0.331 e. The number of ether oxygens (including phenoxy) is 1. The molecular formula is C21H20N4O4S. The van der Waals surface area contributed by atoms with Gasteiger partial charge in [-0.25, -0.2) is 4.79 Å². The van der Waals surface area contributed by atoms with Gasteiger partial charge in [0.25, 0.3) is 5.91 Å². The normalized spacial score (nSPS) is 19.0. The number of methoxy groups -OCH3 is 1. The predicted octanol–water partition coefficient (Wildman–Crippen LogP) is 4.58. The highest BCUT2D eigenvalue weighted by Gasteiger charge is 2.32. The number of rotatable bonds is 2. The number of thioether (sulfide) groups is 1. The Bertz CT molecular complexity index is 1250. The Morgan fingerprint density at radius 2 is 2.03 bits per heavy atom. The molecule has 0 radical (unpaired) electrons. The molecule has 8 nitrogen and oxygen atoms in total. The maximum atomic E-state index is 11.9. The summed E-state index contributed by atoms with van der Waals surface area (Å²) in [6.45, 7) is 8.06. The van der Waals surface area contributed by atoms with Crippen molar-refractivity contribution < 1.29 is 19.4 Å². The number of amides is 1. The quantitative estimate of drug-likeness (QED) is 0.432. The van der Waals surface area contributed by atoms with Crippen LogP contribution in [0.1, 0.15) is 31.9 Å². The summed E-state index contributed by atoms with van der Waals surface area (Å²) in [7, 11) is 1.23. The van der Waals surface area contributed by atoms with E-state index in [2.05, 4.69) is 39.0 Å². The number of azo groups is 1. The molecule has 1 aromatic heterocycles. The van der Waals surface area contributed by atoms with Crippen molar-refractivity contribution in [2.45, 2.75) is 33.2 Å². The van der Waals surface area contributed by atoms with Gasteiger partial charge in [0.05, 0.1) is 23.1 Å². The van der Waals surface area contributed by atoms with Crippen LogP contribution in [0, 0.1) is 6.92 Å². The highest BCUT2D eigenvalue weighted by Crippen LogP contribution is 2.48. The molecule has 9 heteroatoms. The average Bonchev–Trinajstić information content (AvgIpc) is 3.15. The number of carbonyl (C=O) groups excluding carboxylic acids is 2. The summed E-state index contributed by atoms with van der Waals surface area (Å²) in [4.78, 5) is 27.2. The Kier molecular flexibility index (Phi) is 4.65. The topological polar surface area (TPSA) is 106 Å². The average molecular weight is 424 g/mol. The highest BCUT2D eigenvalue weighted by atomic mass is 32.2. The summed E-state index contributed by atoms with van der Waals surface area (Å²) in [6.07, 6.45) is 3.17. The van der Waals surface area contributed by atoms with Crippen LogP contribution in [0.2, 0.25) is 0 Å². The molecule has 0 saturated heterocycles. The van der Waals surface area contributed by atoms with Gasteiger partial charge in [-0.05, 0) is 62.7 Å². The largest absolute Gasteiger partial charge is 0.493 e. The van der Waals surface area contributed by atoms with Gasteiger partial charge >= 0.3 is 5.97 Å². The zero-order valence-corrected chi connectivity index (χ0v) is 18.0. The van der Waals surface area contributed by atoms with Crippen molar-refractivity contribution in [1.82, 2.24) is 4.57 Å². The number of carbonyl (C=O) groups is 2. The van der Waals surface area contributed by atoms with Gasteiger partial charge in [-0.3, -0.25) is 4.79 Å². The maximum absolute atomic E-state index is 11.9. The molecule has 4 rings (SSSR count). The molecule has 0 unspecified atom stereocenters. The van der Waals surface area contributed by atoms with Gasteiger partial charge < -0.3 is 14.4 Å². The summed E-state index contributed by atoms with van der Waals surface area (Å²) in [6, 6.07) is 4.04. The van der Waals surface area contributed by atoms with E-state index in [1.165, 1.54) is 7.11 Å². The van der Waals surface area contributed by atoms with Crippen LogP contribution in [0.15, 0.2) is 44.4 Å². The number of allylic oxidation sites excluding steroid dienone is 2. The van der Waals surface area contributed by atoms with Gasteiger partial charge in [0, 0.05) is 17.0 Å². The summed E-state index contributed by atoms with van der Waals surface area (Å²) >= 11 is 0.926. The fourth-order valence-corrected chi connectivity index (χ4v) is 4.56. The summed E-state index contributed by atoms with van der Waals surface area (Å²) < 4.78 is 6.38. The lowest BCUT2D eigenvalue weighted by molar-refractivity contribution is -0.135. The number of esters is 1. The number of hydrogen-bond donors (Lipinski definition) is 1. The molecular weight excluding hydrogens is 404 g/mol. The Labute approximate surface area is 177 Å². The third-order valence-electron chi connectivity index (χ3n) is 5.02. The fraction of sp³-hybridized carbons (Fsp3) is 0.286. The first-order valence-corrected chi connectivity index (χ1v) is 10.0. The second kappa shape index (κ2) is 6.94. The van der Waals surface area contributed by atoms with E-state index in [0.29, 0.717) is 5.69 Å². The van der Waals surface area contributed by atoms with Crippen LogP contribution < -0.4 is 0 Å². The van der Waals surface area contributed by atoms with E-state index in [0.717, 1.165) is 45.4 Å². The van der Waals surface area contributed by atoms with E-state index in [1.807, 2.05) is 31.4 Å². The molecule has 3 heterocycles. The summed E-state index contributed by atoms with van der Waals surface area (Å²) in [5, 5.41) is 20.2. The molecule has 1 N–H and O–H groups in total. The second-order valence-corrected chi connectivity index (χ2v) is 8.74. The van der Waals surface area contributed by atoms with Crippen molar-refractivity contribution in [3.63, 3.8) is 0 Å². The molecule has 2 aromatic rings. The molecule has 1 aromatic carbocycles. The van der Waals surface area contributed by atoms with Crippen LogP contribution in [0.25, 0.3) is 16.5 Å². The van der Waals surface area contributed by atoms with E-state index in [-0.39, 0.29) is 16.0 Å². The van der Waals surface area contributed by atoms with Gasteiger partial charge in [-0.15, -0.1) is 10.2 Å². The third-order valence-corrected chi connectivity index (χ3v) is 5.89. The molecule has 0 fully saturated rings. The molecule has 30 heavy (non-hydrogen) atoms. The first-order valence-electron chi connectivity index (χ1n) is 9.23. The predicted molar refractivity (Wildman–Crippen MR) is 116 cm³/mol. The molecule has 0 spiro atoms. The van der Waals surface area contributed by atoms with Crippen molar-refractivity contribution in [3.05, 3.63) is 40.3 Å². The van der Waals surface area contributed by atoms with Gasteiger partial charge in [-0.2, -0.15) is 4.99 Å². The summed E-state index contributed by atoms with van der Waals surface area (Å²) in [5.74, 6) is -1.23. The third kappa shape index (κ3) is 3.15. The van der Waals surface area contributed by atoms with E-state index in [9.17, 15) is 14.7 Å². The number of aromatic nitrogens is 1. The van der Waals surface area contributed by atoms with Crippen molar-refractivity contribution in [1.29, 1.82) is 0 Å². The number of amidine groups is 1. The molecule has 2 aliphatic rings. The van der Waals surface area contributed by atoms with Crippen LogP contribution in [-0.2, 0) is 19.9 Å². The van der Waals surface area contributed by atoms with Crippen LogP contribution in [0.4, 0.5) is 5.69 Å². The Balaban J connectivity index is 1.79. The molecule has 1 amide bonds. The lowest BCUT2D eigenvalue weighted by Crippen LogP contribution is -2.26. The Hall–Kier alpha value is -3.20. The van der Waals surface area contributed by atoms with E-state index < -0.39 is 17.4 Å². The molecule has 154 valence electrons. The SMILES string of the molecule is COC(=O)C=C1SC(N=Nc2c(O)n3c4c(cc(C)cc24)C(C)=CC3(C)C)=NC1=O. The van der Waals surface area contributed by atoms with Crippen molar-refractivity contribution in [2.24, 2.45) is 15.2 Å². The zero-order valence-electron chi connectivity index (χ0n) is 17.2. The first kappa shape index (κ1) is 20.1. The maximum Gasteiger partial charge on any atom is 0.331 e.